The Bertz CT molecular complexity index is 659. The Balaban J connectivity index is 2.51. The van der Waals surface area contributed by atoms with Gasteiger partial charge < -0.3 is 5.11 Å². The first-order valence-corrected chi connectivity index (χ1v) is 5.59. The van der Waals surface area contributed by atoms with Crippen LogP contribution in [0.25, 0.3) is 10.9 Å². The van der Waals surface area contributed by atoms with Crippen LogP contribution in [0.4, 0.5) is 0 Å². The third-order valence-electron chi connectivity index (χ3n) is 2.88. The highest BCUT2D eigenvalue weighted by Crippen LogP contribution is 2.17. The fraction of sp³-hybridized carbons (Fsp3) is 0.308. The van der Waals surface area contributed by atoms with Gasteiger partial charge >= 0.3 is 5.97 Å². The zero-order chi connectivity index (χ0) is 13.3. The van der Waals surface area contributed by atoms with Gasteiger partial charge in [-0.25, -0.2) is 4.98 Å². The normalized spacial score (nSPS) is 11.7. The van der Waals surface area contributed by atoms with E-state index in [1.165, 1.54) is 10.9 Å². The van der Waals surface area contributed by atoms with Gasteiger partial charge in [0.15, 0.2) is 0 Å². The van der Waals surface area contributed by atoms with E-state index in [2.05, 4.69) is 4.98 Å². The van der Waals surface area contributed by atoms with Gasteiger partial charge in [-0.3, -0.25) is 14.2 Å². The molecule has 0 aliphatic carbocycles. The Labute approximate surface area is 104 Å². The molecule has 2 aromatic rings. The molecule has 5 heteroatoms. The van der Waals surface area contributed by atoms with Gasteiger partial charge in [-0.2, -0.15) is 0 Å². The lowest BCUT2D eigenvalue weighted by Gasteiger charge is -2.20. The Kier molecular flexibility index (Phi) is 2.90. The second kappa shape index (κ2) is 4.25. The number of nitrogens with zero attached hydrogens (tertiary/aromatic N) is 2. The largest absolute Gasteiger partial charge is 0.481 e. The Morgan fingerprint density at radius 2 is 2.06 bits per heavy atom. The number of hydrogen-bond donors (Lipinski definition) is 1. The average molecular weight is 246 g/mol. The number of aromatic nitrogens is 2. The number of para-hydroxylation sites is 1. The van der Waals surface area contributed by atoms with Gasteiger partial charge in [0.1, 0.15) is 0 Å². The number of fused-ring (bicyclic) bond motifs is 1. The van der Waals surface area contributed by atoms with Crippen LogP contribution in [-0.2, 0) is 11.3 Å². The zero-order valence-corrected chi connectivity index (χ0v) is 10.3. The maximum absolute atomic E-state index is 12.2. The van der Waals surface area contributed by atoms with Gasteiger partial charge in [0.25, 0.3) is 5.56 Å². The molecular weight excluding hydrogens is 232 g/mol. The summed E-state index contributed by atoms with van der Waals surface area (Å²) in [6.45, 7) is 3.26. The molecule has 0 amide bonds. The van der Waals surface area contributed by atoms with E-state index in [0.29, 0.717) is 10.9 Å². The van der Waals surface area contributed by atoms with Crippen molar-refractivity contribution in [2.45, 2.75) is 20.4 Å². The van der Waals surface area contributed by atoms with E-state index in [4.69, 9.17) is 5.11 Å². The van der Waals surface area contributed by atoms with Gasteiger partial charge in [-0.15, -0.1) is 0 Å². The van der Waals surface area contributed by atoms with Crippen molar-refractivity contribution in [1.82, 2.24) is 9.55 Å². The highest BCUT2D eigenvalue weighted by molar-refractivity contribution is 5.77. The van der Waals surface area contributed by atoms with E-state index in [9.17, 15) is 9.59 Å². The summed E-state index contributed by atoms with van der Waals surface area (Å²) in [6.07, 6.45) is 1.40. The van der Waals surface area contributed by atoms with Gasteiger partial charge in [-0.05, 0) is 26.0 Å². The molecule has 1 aromatic heterocycles. The highest BCUT2D eigenvalue weighted by atomic mass is 16.4. The van der Waals surface area contributed by atoms with Crippen LogP contribution in [0.3, 0.4) is 0 Å². The quantitative estimate of drug-likeness (QED) is 0.890. The Morgan fingerprint density at radius 3 is 2.72 bits per heavy atom. The number of carboxylic acid groups (broad SMARTS) is 1. The summed E-state index contributed by atoms with van der Waals surface area (Å²) in [5, 5.41) is 9.57. The lowest BCUT2D eigenvalue weighted by Crippen LogP contribution is -2.34. The molecule has 18 heavy (non-hydrogen) atoms. The van der Waals surface area contributed by atoms with Crippen LogP contribution in [0.1, 0.15) is 13.8 Å². The van der Waals surface area contributed by atoms with Crippen LogP contribution in [0.15, 0.2) is 35.4 Å². The van der Waals surface area contributed by atoms with E-state index >= 15 is 0 Å². The lowest BCUT2D eigenvalue weighted by atomic mass is 9.94. The summed E-state index contributed by atoms with van der Waals surface area (Å²) in [5.74, 6) is -0.942. The molecule has 0 aliphatic heterocycles. The second-order valence-electron chi connectivity index (χ2n) is 4.88. The fourth-order valence-electron chi connectivity index (χ4n) is 1.71. The van der Waals surface area contributed by atoms with E-state index in [1.54, 1.807) is 38.1 Å². The van der Waals surface area contributed by atoms with Crippen LogP contribution in [-0.4, -0.2) is 20.6 Å². The van der Waals surface area contributed by atoms with E-state index in [0.717, 1.165) is 0 Å². The van der Waals surface area contributed by atoms with Crippen molar-refractivity contribution in [3.8, 4) is 0 Å². The standard InChI is InChI=1S/C13H14N2O3/c1-13(2,12(17)18)7-15-8-14-10-6-4-3-5-9(10)11(15)16/h3-6,8H,7H2,1-2H3,(H,17,18). The molecule has 2 rings (SSSR count). The predicted octanol–water partition coefficient (Wildman–Crippen LogP) is 1.51. The van der Waals surface area contributed by atoms with Crippen molar-refractivity contribution in [3.63, 3.8) is 0 Å². The minimum absolute atomic E-state index is 0.0962. The summed E-state index contributed by atoms with van der Waals surface area (Å²) in [7, 11) is 0. The van der Waals surface area contributed by atoms with Crippen LogP contribution in [0.5, 0.6) is 0 Å². The molecule has 5 nitrogen and oxygen atoms in total. The summed E-state index contributed by atoms with van der Waals surface area (Å²) in [4.78, 5) is 27.4. The molecule has 0 saturated heterocycles. The molecular formula is C13H14N2O3. The molecule has 1 heterocycles. The van der Waals surface area contributed by atoms with E-state index in [-0.39, 0.29) is 12.1 Å². The molecule has 0 atom stereocenters. The predicted molar refractivity (Wildman–Crippen MR) is 67.4 cm³/mol. The molecule has 0 unspecified atom stereocenters. The maximum Gasteiger partial charge on any atom is 0.310 e. The fourth-order valence-corrected chi connectivity index (χ4v) is 1.71. The Morgan fingerprint density at radius 1 is 1.39 bits per heavy atom. The number of carboxylic acids is 1. The van der Waals surface area contributed by atoms with Crippen LogP contribution in [0.2, 0.25) is 0 Å². The summed E-state index contributed by atoms with van der Waals surface area (Å²) in [6, 6.07) is 7.01. The van der Waals surface area contributed by atoms with Crippen LogP contribution >= 0.6 is 0 Å². The van der Waals surface area contributed by atoms with Crippen molar-refractivity contribution >= 4 is 16.9 Å². The second-order valence-corrected chi connectivity index (χ2v) is 4.88. The van der Waals surface area contributed by atoms with Crippen molar-refractivity contribution in [1.29, 1.82) is 0 Å². The number of aliphatic carboxylic acids is 1. The van der Waals surface area contributed by atoms with Crippen molar-refractivity contribution in [3.05, 3.63) is 40.9 Å². The third kappa shape index (κ3) is 2.11. The summed E-state index contributed by atoms with van der Waals surface area (Å²) in [5.41, 5.74) is -0.602. The van der Waals surface area contributed by atoms with Gasteiger partial charge in [-0.1, -0.05) is 12.1 Å². The number of carbonyl (C=O) groups is 1. The lowest BCUT2D eigenvalue weighted by molar-refractivity contribution is -0.147. The first-order chi connectivity index (χ1) is 8.42. The molecule has 0 spiro atoms. The number of hydrogen-bond acceptors (Lipinski definition) is 3. The Hall–Kier alpha value is -2.17. The van der Waals surface area contributed by atoms with Gasteiger partial charge in [0.05, 0.1) is 22.6 Å². The molecule has 0 aliphatic rings. The van der Waals surface area contributed by atoms with Crippen molar-refractivity contribution in [2.24, 2.45) is 5.41 Å². The van der Waals surface area contributed by atoms with Gasteiger partial charge in [0.2, 0.25) is 0 Å². The first kappa shape index (κ1) is 12.3. The summed E-state index contributed by atoms with van der Waals surface area (Å²) < 4.78 is 1.34. The molecule has 0 fully saturated rings. The average Bonchev–Trinajstić information content (AvgIpc) is 2.33. The van der Waals surface area contributed by atoms with Gasteiger partial charge in [0, 0.05) is 6.54 Å². The first-order valence-electron chi connectivity index (χ1n) is 5.59. The smallest absolute Gasteiger partial charge is 0.310 e. The SMILES string of the molecule is CC(C)(Cn1cnc2ccccc2c1=O)C(=O)O. The van der Waals surface area contributed by atoms with Crippen molar-refractivity contribution in [2.75, 3.05) is 0 Å². The zero-order valence-electron chi connectivity index (χ0n) is 10.3. The molecule has 0 saturated carbocycles. The minimum atomic E-state index is -1.01. The van der Waals surface area contributed by atoms with Crippen LogP contribution < -0.4 is 5.56 Å². The maximum atomic E-state index is 12.2. The van der Waals surface area contributed by atoms with E-state index < -0.39 is 11.4 Å². The summed E-state index contributed by atoms with van der Waals surface area (Å²) >= 11 is 0. The monoisotopic (exact) mass is 246 g/mol. The van der Waals surface area contributed by atoms with Crippen molar-refractivity contribution < 1.29 is 9.90 Å². The molecule has 94 valence electrons. The van der Waals surface area contributed by atoms with E-state index in [1.807, 2.05) is 0 Å². The highest BCUT2D eigenvalue weighted by Gasteiger charge is 2.28. The molecule has 1 N–H and O–H groups in total. The number of benzene rings is 1. The topological polar surface area (TPSA) is 72.2 Å². The number of rotatable bonds is 3. The molecule has 0 radical (unpaired) electrons. The molecule has 1 aromatic carbocycles. The van der Waals surface area contributed by atoms with Crippen LogP contribution in [0, 0.1) is 5.41 Å². The molecule has 0 bridgehead atoms. The minimum Gasteiger partial charge on any atom is -0.481 e. The third-order valence-corrected chi connectivity index (χ3v) is 2.88.